The third kappa shape index (κ3) is 3.92. The summed E-state index contributed by atoms with van der Waals surface area (Å²) in [7, 11) is 0. The zero-order valence-electron chi connectivity index (χ0n) is 15.2. The van der Waals surface area contributed by atoms with Crippen molar-refractivity contribution in [3.63, 3.8) is 0 Å². The fourth-order valence-electron chi connectivity index (χ4n) is 3.23. The number of benzene rings is 1. The molecule has 0 aromatic heterocycles. The summed E-state index contributed by atoms with van der Waals surface area (Å²) >= 11 is 1.14. The number of allylic oxidation sites excluding steroid dienone is 1. The van der Waals surface area contributed by atoms with E-state index in [1.165, 1.54) is 12.1 Å². The molecule has 1 aromatic carbocycles. The fraction of sp³-hybridized carbons (Fsp3) is 0.211. The lowest BCUT2D eigenvalue weighted by atomic mass is 9.96. The molecule has 0 saturated carbocycles. The molecular weight excluding hydrogens is 416 g/mol. The molecular formula is C19H16N2O8S. The van der Waals surface area contributed by atoms with Crippen LogP contribution in [-0.2, 0) is 24.0 Å². The number of carboxylic acids is 3. The highest BCUT2D eigenvalue weighted by molar-refractivity contribution is 8.00. The highest BCUT2D eigenvalue weighted by Gasteiger charge is 2.54. The van der Waals surface area contributed by atoms with Crippen molar-refractivity contribution in [2.24, 2.45) is 0 Å². The van der Waals surface area contributed by atoms with Crippen LogP contribution < -0.4 is 5.32 Å². The van der Waals surface area contributed by atoms with Crippen molar-refractivity contribution in [2.45, 2.75) is 17.3 Å². The topological polar surface area (TPSA) is 161 Å². The minimum absolute atomic E-state index is 0.104. The Kier molecular flexibility index (Phi) is 5.92. The van der Waals surface area contributed by atoms with E-state index in [0.717, 1.165) is 28.8 Å². The van der Waals surface area contributed by atoms with E-state index in [2.05, 4.69) is 5.32 Å². The standard InChI is InChI=1S/C19H16N2O8S/c22-11(23)7-6-10-8-30-17-13(16(25)21(17)14(10)19(28)29)20-15(24)12(18(26)27)9-4-2-1-3-5-9/h1-7,12-13,17H,8H2,(H,20,24)(H,22,23)(H,26,27)(H,28,29)/t12?,13?,17-/m0/s1. The molecule has 156 valence electrons. The van der Waals surface area contributed by atoms with Gasteiger partial charge in [-0.2, -0.15) is 0 Å². The van der Waals surface area contributed by atoms with E-state index in [4.69, 9.17) is 5.11 Å². The molecule has 10 nitrogen and oxygen atoms in total. The maximum Gasteiger partial charge on any atom is 0.352 e. The molecule has 11 heteroatoms. The van der Waals surface area contributed by atoms with Gasteiger partial charge in [0.25, 0.3) is 5.91 Å². The van der Waals surface area contributed by atoms with Crippen LogP contribution >= 0.6 is 11.8 Å². The van der Waals surface area contributed by atoms with E-state index in [1.54, 1.807) is 18.2 Å². The Bertz CT molecular complexity index is 988. The highest BCUT2D eigenvalue weighted by atomic mass is 32.2. The first-order valence-corrected chi connectivity index (χ1v) is 9.67. The normalized spacial score (nSPS) is 21.6. The minimum Gasteiger partial charge on any atom is -0.480 e. The third-order valence-corrected chi connectivity index (χ3v) is 5.87. The number of fused-ring (bicyclic) bond motifs is 1. The molecule has 1 fully saturated rings. The third-order valence-electron chi connectivity index (χ3n) is 4.57. The predicted molar refractivity (Wildman–Crippen MR) is 103 cm³/mol. The number of carbonyl (C=O) groups is 5. The van der Waals surface area contributed by atoms with Crippen LogP contribution in [0.25, 0.3) is 0 Å². The van der Waals surface area contributed by atoms with Gasteiger partial charge in [0.2, 0.25) is 5.91 Å². The van der Waals surface area contributed by atoms with Crippen LogP contribution in [0.2, 0.25) is 0 Å². The Balaban J connectivity index is 1.81. The van der Waals surface area contributed by atoms with Gasteiger partial charge in [-0.25, -0.2) is 9.59 Å². The first kappa shape index (κ1) is 21.1. The quantitative estimate of drug-likeness (QED) is 0.268. The summed E-state index contributed by atoms with van der Waals surface area (Å²) in [4.78, 5) is 60.1. The monoisotopic (exact) mass is 432 g/mol. The van der Waals surface area contributed by atoms with E-state index in [0.29, 0.717) is 0 Å². The van der Waals surface area contributed by atoms with E-state index >= 15 is 0 Å². The predicted octanol–water partition coefficient (Wildman–Crippen LogP) is 0.234. The molecule has 0 aliphatic carbocycles. The molecule has 2 amide bonds. The number of carboxylic acid groups (broad SMARTS) is 3. The Hall–Kier alpha value is -3.60. The van der Waals surface area contributed by atoms with Crippen LogP contribution in [0.4, 0.5) is 0 Å². The van der Waals surface area contributed by atoms with Crippen LogP contribution in [0.1, 0.15) is 11.5 Å². The average Bonchev–Trinajstić information content (AvgIpc) is 2.70. The number of nitrogens with one attached hydrogen (secondary N) is 1. The van der Waals surface area contributed by atoms with E-state index < -0.39 is 47.1 Å². The average molecular weight is 432 g/mol. The molecule has 0 spiro atoms. The zero-order valence-corrected chi connectivity index (χ0v) is 16.0. The number of carbonyl (C=O) groups excluding carboxylic acids is 2. The van der Waals surface area contributed by atoms with Crippen LogP contribution in [0.5, 0.6) is 0 Å². The SMILES string of the molecule is O=C(O)C=CC1=C(C(=O)O)N2C(=O)C(NC(=O)C(C(=O)O)c3ccccc3)[C@@H]2SC1. The summed E-state index contributed by atoms with van der Waals surface area (Å²) in [5.74, 6) is -7.07. The summed E-state index contributed by atoms with van der Waals surface area (Å²) in [5.41, 5.74) is 0.0382. The second-order valence-electron chi connectivity index (χ2n) is 6.43. The van der Waals surface area contributed by atoms with Gasteiger partial charge in [-0.3, -0.25) is 19.3 Å². The molecule has 30 heavy (non-hydrogen) atoms. The Morgan fingerprint density at radius 2 is 1.80 bits per heavy atom. The molecule has 1 aromatic rings. The molecule has 2 unspecified atom stereocenters. The molecule has 2 heterocycles. The molecule has 2 aliphatic rings. The lowest BCUT2D eigenvalue weighted by molar-refractivity contribution is -0.152. The van der Waals surface area contributed by atoms with Gasteiger partial charge in [0.05, 0.1) is 0 Å². The zero-order chi connectivity index (χ0) is 22.0. The number of aliphatic carboxylic acids is 3. The summed E-state index contributed by atoms with van der Waals surface area (Å²) < 4.78 is 0. The summed E-state index contributed by atoms with van der Waals surface area (Å²) in [6, 6.07) is 6.71. The maximum atomic E-state index is 12.6. The lowest BCUT2D eigenvalue weighted by Crippen LogP contribution is -2.71. The number of hydrogen-bond acceptors (Lipinski definition) is 6. The van der Waals surface area contributed by atoms with Gasteiger partial charge in [-0.15, -0.1) is 11.8 Å². The largest absolute Gasteiger partial charge is 0.480 e. The minimum atomic E-state index is -1.52. The smallest absolute Gasteiger partial charge is 0.352 e. The molecule has 0 radical (unpaired) electrons. The van der Waals surface area contributed by atoms with Crippen LogP contribution in [0, 0.1) is 0 Å². The molecule has 0 bridgehead atoms. The number of β-lactam (4-membered cyclic amide) rings is 1. The van der Waals surface area contributed by atoms with Crippen molar-refractivity contribution < 1.29 is 39.3 Å². The Morgan fingerprint density at radius 3 is 2.37 bits per heavy atom. The van der Waals surface area contributed by atoms with Crippen molar-refractivity contribution in [1.82, 2.24) is 10.2 Å². The second kappa shape index (κ2) is 8.41. The first-order valence-electron chi connectivity index (χ1n) is 8.62. The molecule has 1 saturated heterocycles. The van der Waals surface area contributed by atoms with Gasteiger partial charge in [0.1, 0.15) is 17.1 Å². The number of rotatable bonds is 7. The van der Waals surface area contributed by atoms with Crippen molar-refractivity contribution in [3.8, 4) is 0 Å². The Labute approximate surface area is 173 Å². The van der Waals surface area contributed by atoms with Crippen LogP contribution in [0.3, 0.4) is 0 Å². The fourth-order valence-corrected chi connectivity index (χ4v) is 4.55. The molecule has 3 rings (SSSR count). The summed E-state index contributed by atoms with van der Waals surface area (Å²) in [5, 5.41) is 29.4. The second-order valence-corrected chi connectivity index (χ2v) is 7.53. The van der Waals surface area contributed by atoms with Gasteiger partial charge in [0.15, 0.2) is 5.92 Å². The van der Waals surface area contributed by atoms with Crippen molar-refractivity contribution in [1.29, 1.82) is 0 Å². The van der Waals surface area contributed by atoms with Crippen LogP contribution in [0.15, 0.2) is 53.8 Å². The lowest BCUT2D eigenvalue weighted by Gasteiger charge is -2.49. The van der Waals surface area contributed by atoms with Crippen molar-refractivity contribution >= 4 is 41.5 Å². The van der Waals surface area contributed by atoms with E-state index in [-0.39, 0.29) is 22.6 Å². The highest BCUT2D eigenvalue weighted by Crippen LogP contribution is 2.40. The maximum absolute atomic E-state index is 12.6. The van der Waals surface area contributed by atoms with E-state index in [1.807, 2.05) is 0 Å². The first-order chi connectivity index (χ1) is 14.2. The van der Waals surface area contributed by atoms with Gasteiger partial charge in [-0.1, -0.05) is 30.3 Å². The van der Waals surface area contributed by atoms with Gasteiger partial charge >= 0.3 is 17.9 Å². The summed E-state index contributed by atoms with van der Waals surface area (Å²) in [6.07, 6.45) is 1.89. The van der Waals surface area contributed by atoms with Crippen LogP contribution in [-0.4, -0.2) is 67.1 Å². The molecule has 4 N–H and O–H groups in total. The van der Waals surface area contributed by atoms with Gasteiger partial charge in [0, 0.05) is 11.8 Å². The van der Waals surface area contributed by atoms with Crippen molar-refractivity contribution in [3.05, 3.63) is 59.3 Å². The van der Waals surface area contributed by atoms with Crippen molar-refractivity contribution in [2.75, 3.05) is 5.75 Å². The van der Waals surface area contributed by atoms with Gasteiger partial charge in [-0.05, 0) is 17.2 Å². The number of amides is 2. The molecule has 2 aliphatic heterocycles. The molecule has 3 atom stereocenters. The van der Waals surface area contributed by atoms with Gasteiger partial charge < -0.3 is 20.6 Å². The number of nitrogens with zero attached hydrogens (tertiary/aromatic N) is 1. The Morgan fingerprint density at radius 1 is 1.13 bits per heavy atom. The summed E-state index contributed by atoms with van der Waals surface area (Å²) in [6.45, 7) is 0. The number of hydrogen-bond donors (Lipinski definition) is 4. The number of thioether (sulfide) groups is 1. The van der Waals surface area contributed by atoms with E-state index in [9.17, 15) is 34.2 Å².